The van der Waals surface area contributed by atoms with E-state index < -0.39 is 12.0 Å². The average Bonchev–Trinajstić information content (AvgIpc) is 3.13. The van der Waals surface area contributed by atoms with Gasteiger partial charge in [0.2, 0.25) is 0 Å². The molecule has 2 heterocycles. The van der Waals surface area contributed by atoms with E-state index in [0.717, 1.165) is 20.3 Å². The maximum Gasteiger partial charge on any atom is 0.338 e. The summed E-state index contributed by atoms with van der Waals surface area (Å²) < 4.78 is 19.6. The van der Waals surface area contributed by atoms with Gasteiger partial charge in [-0.1, -0.05) is 41.2 Å². The Kier molecular flexibility index (Phi) is 7.99. The third kappa shape index (κ3) is 4.99. The number of fused-ring (bicyclic) bond motifs is 1. The first kappa shape index (κ1) is 26.2. The molecule has 0 aliphatic carbocycles. The maximum atomic E-state index is 13.8. The molecule has 4 rings (SSSR count). The van der Waals surface area contributed by atoms with Crippen molar-refractivity contribution in [3.05, 3.63) is 87.6 Å². The van der Waals surface area contributed by atoms with Crippen molar-refractivity contribution in [2.75, 3.05) is 20.3 Å². The van der Waals surface area contributed by atoms with Gasteiger partial charge in [0.05, 0.1) is 45.7 Å². The number of hydrogen-bond acceptors (Lipinski definition) is 7. The quantitative estimate of drug-likeness (QED) is 0.294. The Morgan fingerprint density at radius 3 is 2.53 bits per heavy atom. The summed E-state index contributed by atoms with van der Waals surface area (Å²) >= 11 is 3.48. The number of nitrogens with zero attached hydrogens (tertiary/aromatic N) is 2. The fourth-order valence-corrected chi connectivity index (χ4v) is 6.03. The molecule has 1 aromatic heterocycles. The molecule has 0 unspecified atom stereocenters. The molecule has 2 aromatic carbocycles. The van der Waals surface area contributed by atoms with Crippen LogP contribution in [0.3, 0.4) is 0 Å². The number of esters is 1. The largest absolute Gasteiger partial charge is 0.492 e. The maximum absolute atomic E-state index is 13.8. The Balaban J connectivity index is 1.93. The molecule has 36 heavy (non-hydrogen) atoms. The predicted octanol–water partition coefficient (Wildman–Crippen LogP) is 4.12. The lowest BCUT2D eigenvalue weighted by Gasteiger charge is -2.24. The van der Waals surface area contributed by atoms with Gasteiger partial charge in [-0.15, -0.1) is 0 Å². The topological polar surface area (TPSA) is 79.1 Å². The van der Waals surface area contributed by atoms with Gasteiger partial charge in [-0.25, -0.2) is 9.79 Å². The number of aromatic nitrogens is 1. The van der Waals surface area contributed by atoms with Gasteiger partial charge in [0.25, 0.3) is 5.56 Å². The molecule has 0 saturated carbocycles. The van der Waals surface area contributed by atoms with E-state index in [9.17, 15) is 9.59 Å². The fraction of sp³-hybridized carbons (Fsp3) is 0.296. The normalized spacial score (nSPS) is 15.4. The van der Waals surface area contributed by atoms with Crippen molar-refractivity contribution in [1.82, 2.24) is 4.57 Å². The molecular weight excluding hydrogens is 591 g/mol. The Morgan fingerprint density at radius 1 is 1.17 bits per heavy atom. The summed E-state index contributed by atoms with van der Waals surface area (Å²) in [5.74, 6) is 0.804. The van der Waals surface area contributed by atoms with Crippen LogP contribution in [0.5, 0.6) is 11.5 Å². The van der Waals surface area contributed by atoms with E-state index in [2.05, 4.69) is 27.6 Å². The van der Waals surface area contributed by atoms with Gasteiger partial charge in [0.1, 0.15) is 0 Å². The molecule has 0 bridgehead atoms. The van der Waals surface area contributed by atoms with Crippen LogP contribution in [-0.2, 0) is 9.53 Å². The zero-order valence-corrected chi connectivity index (χ0v) is 23.7. The summed E-state index contributed by atoms with van der Waals surface area (Å²) in [4.78, 5) is 31.9. The molecule has 188 valence electrons. The average molecular weight is 618 g/mol. The number of allylic oxidation sites excluding steroid dienone is 1. The Hall–Kier alpha value is -2.92. The highest BCUT2D eigenvalue weighted by atomic mass is 127. The first-order valence-corrected chi connectivity index (χ1v) is 13.4. The third-order valence-corrected chi connectivity index (χ3v) is 7.53. The summed E-state index contributed by atoms with van der Waals surface area (Å²) in [6.07, 6.45) is 1.82. The van der Waals surface area contributed by atoms with Gasteiger partial charge in [0, 0.05) is 0 Å². The fourth-order valence-electron chi connectivity index (χ4n) is 4.14. The van der Waals surface area contributed by atoms with E-state index in [-0.39, 0.29) is 12.2 Å². The van der Waals surface area contributed by atoms with Crippen molar-refractivity contribution in [3.63, 3.8) is 0 Å². The van der Waals surface area contributed by atoms with Crippen LogP contribution in [-0.4, -0.2) is 30.9 Å². The molecule has 0 saturated heterocycles. The van der Waals surface area contributed by atoms with E-state index >= 15 is 0 Å². The van der Waals surface area contributed by atoms with E-state index in [4.69, 9.17) is 14.2 Å². The number of methoxy groups -OCH3 is 1. The number of rotatable bonds is 7. The van der Waals surface area contributed by atoms with Crippen molar-refractivity contribution in [3.8, 4) is 11.5 Å². The number of aryl methyl sites for hydroxylation is 1. The molecule has 7 nitrogen and oxygen atoms in total. The number of halogens is 1. The van der Waals surface area contributed by atoms with Gasteiger partial charge in [0.15, 0.2) is 16.3 Å². The number of carbonyl (C=O) groups is 1. The number of thiazole rings is 1. The van der Waals surface area contributed by atoms with E-state index in [1.54, 1.807) is 25.5 Å². The monoisotopic (exact) mass is 618 g/mol. The standard InChI is InChI=1S/C27H27IN2O5S/c1-6-34-20-13-17(12-19(28)24(20)33-5)14-21-25(31)30-23(18-10-8-15(3)9-11-18)22(26(32)35-7-2)16(4)29-27(30)36-21/h8-14,23H,6-7H2,1-5H3/b21-14-/t23-/m0/s1. The highest BCUT2D eigenvalue weighted by Gasteiger charge is 2.33. The van der Waals surface area contributed by atoms with Gasteiger partial charge in [-0.05, 0) is 79.6 Å². The second kappa shape index (κ2) is 11.0. The molecule has 0 fully saturated rings. The highest BCUT2D eigenvalue weighted by Crippen LogP contribution is 2.34. The Morgan fingerprint density at radius 2 is 1.89 bits per heavy atom. The predicted molar refractivity (Wildman–Crippen MR) is 148 cm³/mol. The minimum Gasteiger partial charge on any atom is -0.492 e. The summed E-state index contributed by atoms with van der Waals surface area (Å²) in [5.41, 5.74) is 3.42. The Bertz CT molecular complexity index is 1520. The lowest BCUT2D eigenvalue weighted by Crippen LogP contribution is -2.39. The highest BCUT2D eigenvalue weighted by molar-refractivity contribution is 14.1. The van der Waals surface area contributed by atoms with E-state index in [1.165, 1.54) is 11.3 Å². The smallest absolute Gasteiger partial charge is 0.338 e. The van der Waals surface area contributed by atoms with Gasteiger partial charge in [-0.3, -0.25) is 9.36 Å². The van der Waals surface area contributed by atoms with Crippen LogP contribution in [0.1, 0.15) is 43.5 Å². The number of benzene rings is 2. The summed E-state index contributed by atoms with van der Waals surface area (Å²) in [5, 5.41) is 0. The molecule has 9 heteroatoms. The summed E-state index contributed by atoms with van der Waals surface area (Å²) in [6.45, 7) is 8.17. The molecule has 0 radical (unpaired) electrons. The molecule has 1 atom stereocenters. The first-order valence-electron chi connectivity index (χ1n) is 11.6. The van der Waals surface area contributed by atoms with Crippen molar-refractivity contribution >= 4 is 46.0 Å². The SMILES string of the molecule is CCOC(=O)C1=C(C)N=c2s/c(=C\c3cc(I)c(OC)c(OCC)c3)c(=O)n2[C@H]1c1ccc(C)cc1. The van der Waals surface area contributed by atoms with Crippen molar-refractivity contribution in [2.24, 2.45) is 4.99 Å². The van der Waals surface area contributed by atoms with Crippen molar-refractivity contribution < 1.29 is 19.0 Å². The van der Waals surface area contributed by atoms with Crippen LogP contribution >= 0.6 is 33.9 Å². The lowest BCUT2D eigenvalue weighted by molar-refractivity contribution is -0.139. The van der Waals surface area contributed by atoms with Crippen LogP contribution < -0.4 is 24.4 Å². The molecule has 0 spiro atoms. The second-order valence-corrected chi connectivity index (χ2v) is 10.4. The summed E-state index contributed by atoms with van der Waals surface area (Å²) in [6, 6.07) is 11.0. The molecule has 1 aliphatic heterocycles. The third-order valence-electron chi connectivity index (χ3n) is 5.74. The lowest BCUT2D eigenvalue weighted by atomic mass is 9.95. The zero-order valence-electron chi connectivity index (χ0n) is 20.8. The molecular formula is C27H27IN2O5S. The molecule has 0 N–H and O–H groups in total. The van der Waals surface area contributed by atoms with E-state index in [0.29, 0.717) is 38.7 Å². The van der Waals surface area contributed by atoms with Gasteiger partial charge < -0.3 is 14.2 Å². The van der Waals surface area contributed by atoms with Crippen LogP contribution in [0, 0.1) is 10.5 Å². The minimum atomic E-state index is -0.627. The Labute approximate surface area is 226 Å². The van der Waals surface area contributed by atoms with Crippen LogP contribution in [0.15, 0.2) is 57.5 Å². The van der Waals surface area contributed by atoms with Crippen molar-refractivity contribution in [2.45, 2.75) is 33.7 Å². The van der Waals surface area contributed by atoms with E-state index in [1.807, 2.05) is 56.3 Å². The molecule has 1 aliphatic rings. The second-order valence-electron chi connectivity index (χ2n) is 8.18. The first-order chi connectivity index (χ1) is 17.3. The summed E-state index contributed by atoms with van der Waals surface area (Å²) in [7, 11) is 1.60. The van der Waals surface area contributed by atoms with Crippen LogP contribution in [0.4, 0.5) is 0 Å². The number of hydrogen-bond donors (Lipinski definition) is 0. The molecule has 0 amide bonds. The number of ether oxygens (including phenoxy) is 3. The molecule has 3 aromatic rings. The zero-order chi connectivity index (χ0) is 26.0. The van der Waals surface area contributed by atoms with Crippen LogP contribution in [0.2, 0.25) is 0 Å². The van der Waals surface area contributed by atoms with Crippen LogP contribution in [0.25, 0.3) is 6.08 Å². The van der Waals surface area contributed by atoms with Crippen molar-refractivity contribution in [1.29, 1.82) is 0 Å². The number of carbonyl (C=O) groups excluding carboxylic acids is 1. The van der Waals surface area contributed by atoms with Gasteiger partial charge in [-0.2, -0.15) is 0 Å². The van der Waals surface area contributed by atoms with Gasteiger partial charge >= 0.3 is 5.97 Å². The minimum absolute atomic E-state index is 0.220.